The zero-order valence-corrected chi connectivity index (χ0v) is 15.8. The quantitative estimate of drug-likeness (QED) is 0.795. The van der Waals surface area contributed by atoms with Crippen LogP contribution in [0.3, 0.4) is 0 Å². The molecule has 0 spiro atoms. The first-order valence-corrected chi connectivity index (χ1v) is 9.60. The summed E-state index contributed by atoms with van der Waals surface area (Å²) >= 11 is 1.44. The van der Waals surface area contributed by atoms with Crippen LogP contribution in [0.1, 0.15) is 26.3 Å². The molecule has 26 heavy (non-hydrogen) atoms. The van der Waals surface area contributed by atoms with Gasteiger partial charge in [0, 0.05) is 29.0 Å². The Bertz CT molecular complexity index is 952. The summed E-state index contributed by atoms with van der Waals surface area (Å²) in [5.41, 5.74) is 2.91. The number of carbonyl (C=O) groups is 2. The molecule has 3 heterocycles. The lowest BCUT2D eigenvalue weighted by Crippen LogP contribution is -2.42. The number of Topliss-reactive ketones (excluding diaryl/α,β-unsaturated/α-hetero) is 1. The summed E-state index contributed by atoms with van der Waals surface area (Å²) in [5.74, 6) is -1.23. The van der Waals surface area contributed by atoms with Gasteiger partial charge >= 0.3 is 0 Å². The highest BCUT2D eigenvalue weighted by Crippen LogP contribution is 2.33. The molecule has 134 valence electrons. The Morgan fingerprint density at radius 1 is 1.31 bits per heavy atom. The number of hydrogen-bond acceptors (Lipinski definition) is 4. The van der Waals surface area contributed by atoms with Crippen molar-refractivity contribution in [3.8, 4) is 0 Å². The highest BCUT2D eigenvalue weighted by Gasteiger charge is 2.40. The van der Waals surface area contributed by atoms with E-state index in [4.69, 9.17) is 0 Å². The second-order valence-electron chi connectivity index (χ2n) is 7.76. The maximum Gasteiger partial charge on any atom is 0.240 e. The highest BCUT2D eigenvalue weighted by atomic mass is 32.2. The fraction of sp³-hybridized carbons (Fsp3) is 0.350. The zero-order valence-electron chi connectivity index (χ0n) is 14.9. The Balaban J connectivity index is 1.55. The predicted octanol–water partition coefficient (Wildman–Crippen LogP) is 3.67. The Hall–Kier alpha value is -2.34. The lowest BCUT2D eigenvalue weighted by Gasteiger charge is -2.23. The van der Waals surface area contributed by atoms with Gasteiger partial charge in [0.05, 0.1) is 11.3 Å². The number of nitrogens with zero attached hydrogens (tertiary/aromatic N) is 1. The first-order valence-electron chi connectivity index (χ1n) is 8.66. The lowest BCUT2D eigenvalue weighted by atomic mass is 9.87. The molecule has 0 radical (unpaired) electrons. The second-order valence-corrected chi connectivity index (χ2v) is 8.81. The van der Waals surface area contributed by atoms with E-state index in [0.717, 1.165) is 10.9 Å². The van der Waals surface area contributed by atoms with Gasteiger partial charge in [0.1, 0.15) is 5.92 Å². The number of amides is 1. The van der Waals surface area contributed by atoms with Gasteiger partial charge in [-0.3, -0.25) is 14.6 Å². The van der Waals surface area contributed by atoms with Crippen molar-refractivity contribution in [1.82, 2.24) is 4.98 Å². The molecule has 3 atom stereocenters. The molecular formula is C20H21N3O2S. The number of benzene rings is 1. The van der Waals surface area contributed by atoms with Crippen LogP contribution >= 0.6 is 11.8 Å². The normalized spacial score (nSPS) is 24.9. The fourth-order valence-electron chi connectivity index (χ4n) is 3.43. The van der Waals surface area contributed by atoms with Gasteiger partial charge in [-0.15, -0.1) is 11.8 Å². The van der Waals surface area contributed by atoms with Crippen molar-refractivity contribution in [3.05, 3.63) is 41.4 Å². The molecule has 1 aromatic heterocycles. The first kappa shape index (κ1) is 17.1. The van der Waals surface area contributed by atoms with E-state index in [9.17, 15) is 9.59 Å². The summed E-state index contributed by atoms with van der Waals surface area (Å²) < 4.78 is 0. The minimum atomic E-state index is -0.826. The van der Waals surface area contributed by atoms with E-state index in [0.29, 0.717) is 5.69 Å². The first-order chi connectivity index (χ1) is 12.3. The number of aliphatic imine (C=N–C) groups is 1. The van der Waals surface area contributed by atoms with Gasteiger partial charge in [0.15, 0.2) is 5.78 Å². The summed E-state index contributed by atoms with van der Waals surface area (Å²) in [4.78, 5) is 32.8. The molecule has 3 unspecified atom stereocenters. The van der Waals surface area contributed by atoms with E-state index in [1.54, 1.807) is 0 Å². The Morgan fingerprint density at radius 3 is 2.88 bits per heavy atom. The Morgan fingerprint density at radius 2 is 2.12 bits per heavy atom. The number of aromatic nitrogens is 1. The summed E-state index contributed by atoms with van der Waals surface area (Å²) in [6, 6.07) is 5.66. The number of H-pyrrole nitrogens is 1. The smallest absolute Gasteiger partial charge is 0.240 e. The fourth-order valence-corrected chi connectivity index (χ4v) is 4.46. The molecule has 0 fully saturated rings. The van der Waals surface area contributed by atoms with Gasteiger partial charge in [-0.1, -0.05) is 32.9 Å². The predicted molar refractivity (Wildman–Crippen MR) is 107 cm³/mol. The number of hydrogen-bond donors (Lipinski definition) is 2. The van der Waals surface area contributed by atoms with Crippen LogP contribution in [0.5, 0.6) is 0 Å². The van der Waals surface area contributed by atoms with Crippen LogP contribution in [0.4, 0.5) is 5.69 Å². The molecule has 0 bridgehead atoms. The number of ketones is 1. The molecule has 2 aromatic rings. The van der Waals surface area contributed by atoms with Crippen molar-refractivity contribution >= 4 is 46.3 Å². The second kappa shape index (κ2) is 6.13. The molecule has 1 amide bonds. The zero-order chi connectivity index (χ0) is 18.5. The largest absolute Gasteiger partial charge is 0.361 e. The topological polar surface area (TPSA) is 74.3 Å². The summed E-state index contributed by atoms with van der Waals surface area (Å²) in [6.07, 6.45) is 5.40. The van der Waals surface area contributed by atoms with Gasteiger partial charge in [-0.2, -0.15) is 0 Å². The van der Waals surface area contributed by atoms with Crippen LogP contribution in [0.15, 0.2) is 40.9 Å². The van der Waals surface area contributed by atoms with Gasteiger partial charge in [0.2, 0.25) is 5.91 Å². The van der Waals surface area contributed by atoms with Crippen LogP contribution in [0, 0.1) is 5.92 Å². The third-order valence-electron chi connectivity index (χ3n) is 4.85. The van der Waals surface area contributed by atoms with E-state index < -0.39 is 5.92 Å². The van der Waals surface area contributed by atoms with Crippen LogP contribution in [0.25, 0.3) is 10.9 Å². The summed E-state index contributed by atoms with van der Waals surface area (Å²) in [7, 11) is 0. The lowest BCUT2D eigenvalue weighted by molar-refractivity contribution is -0.128. The van der Waals surface area contributed by atoms with E-state index in [-0.39, 0.29) is 28.4 Å². The van der Waals surface area contributed by atoms with E-state index >= 15 is 0 Å². The van der Waals surface area contributed by atoms with E-state index in [2.05, 4.69) is 36.1 Å². The minimum absolute atomic E-state index is 0.0392. The van der Waals surface area contributed by atoms with Crippen LogP contribution in [-0.4, -0.2) is 34.2 Å². The third-order valence-corrected chi connectivity index (χ3v) is 5.96. The Kier molecular flexibility index (Phi) is 4.03. The van der Waals surface area contributed by atoms with Crippen molar-refractivity contribution in [2.24, 2.45) is 10.9 Å². The molecule has 1 aromatic carbocycles. The third kappa shape index (κ3) is 2.88. The number of anilines is 1. The van der Waals surface area contributed by atoms with Crippen molar-refractivity contribution in [2.75, 3.05) is 5.32 Å². The van der Waals surface area contributed by atoms with Crippen LogP contribution < -0.4 is 5.32 Å². The SMILES string of the molecule is CC(C)(C)c1c[nH]c2cc(NC(=O)C3C=NC4C=CSC4C3=O)ccc12. The van der Waals surface area contributed by atoms with Gasteiger partial charge in [0.25, 0.3) is 0 Å². The maximum atomic E-state index is 12.6. The van der Waals surface area contributed by atoms with Gasteiger partial charge in [-0.05, 0) is 28.5 Å². The van der Waals surface area contributed by atoms with Crippen molar-refractivity contribution in [1.29, 1.82) is 0 Å². The maximum absolute atomic E-state index is 12.6. The number of thioether (sulfide) groups is 1. The monoisotopic (exact) mass is 367 g/mol. The molecule has 5 nitrogen and oxygen atoms in total. The number of rotatable bonds is 2. The summed E-state index contributed by atoms with van der Waals surface area (Å²) in [6.45, 7) is 6.51. The molecule has 2 aliphatic heterocycles. The van der Waals surface area contributed by atoms with Crippen LogP contribution in [-0.2, 0) is 15.0 Å². The minimum Gasteiger partial charge on any atom is -0.361 e. The Labute approximate surface area is 156 Å². The standard InChI is InChI=1S/C20H21N3O2S/c1-20(2,3)14-10-22-16-8-11(4-5-12(14)16)23-19(25)13-9-21-15-6-7-26-18(15)17(13)24/h4-10,13,15,18,22H,1-3H3,(H,23,25). The molecule has 4 rings (SSSR count). The van der Waals surface area contributed by atoms with Crippen molar-refractivity contribution in [3.63, 3.8) is 0 Å². The average Bonchev–Trinajstić information content (AvgIpc) is 3.20. The van der Waals surface area contributed by atoms with Gasteiger partial charge in [-0.25, -0.2) is 0 Å². The molecule has 0 saturated carbocycles. The molecule has 0 saturated heterocycles. The van der Waals surface area contributed by atoms with Crippen LogP contribution in [0.2, 0.25) is 0 Å². The number of nitrogens with one attached hydrogen (secondary N) is 2. The molecule has 6 heteroatoms. The molecule has 2 N–H and O–H groups in total. The highest BCUT2D eigenvalue weighted by molar-refractivity contribution is 8.03. The van der Waals surface area contributed by atoms with E-state index in [1.807, 2.05) is 35.9 Å². The summed E-state index contributed by atoms with van der Waals surface area (Å²) in [5, 5.41) is 5.62. The number of fused-ring (bicyclic) bond motifs is 2. The van der Waals surface area contributed by atoms with Gasteiger partial charge < -0.3 is 10.3 Å². The molecule has 2 aliphatic rings. The molecular weight excluding hydrogens is 346 g/mol. The average molecular weight is 367 g/mol. The number of aromatic amines is 1. The number of carbonyl (C=O) groups excluding carboxylic acids is 2. The molecule has 0 aliphatic carbocycles. The van der Waals surface area contributed by atoms with Crippen molar-refractivity contribution < 1.29 is 9.59 Å². The van der Waals surface area contributed by atoms with Crippen molar-refractivity contribution in [2.45, 2.75) is 37.5 Å². The van der Waals surface area contributed by atoms with E-state index in [1.165, 1.54) is 23.5 Å².